The minimum absolute atomic E-state index is 0.328. The van der Waals surface area contributed by atoms with Crippen molar-refractivity contribution in [2.24, 2.45) is 0 Å². The smallest absolute Gasteiger partial charge is 0.337 e. The van der Waals surface area contributed by atoms with E-state index in [9.17, 15) is 4.79 Å². The molecule has 0 heterocycles. The Morgan fingerprint density at radius 1 is 1.29 bits per heavy atom. The topological polar surface area (TPSA) is 43.8 Å². The lowest BCUT2D eigenvalue weighted by atomic mass is 10.1. The number of anilines is 1. The Kier molecular flexibility index (Phi) is 4.96. The maximum absolute atomic E-state index is 11.1. The average Bonchev–Trinajstić information content (AvgIpc) is 2.25. The highest BCUT2D eigenvalue weighted by atomic mass is 79.9. The van der Waals surface area contributed by atoms with Gasteiger partial charge in [0.1, 0.15) is 0 Å². The molecule has 0 saturated heterocycles. The monoisotopic (exact) mass is 300 g/mol. The Morgan fingerprint density at radius 3 is 2.47 bits per heavy atom. The van der Waals surface area contributed by atoms with Gasteiger partial charge in [0, 0.05) is 24.6 Å². The third-order valence-electron chi connectivity index (χ3n) is 2.48. The van der Waals surface area contributed by atoms with Gasteiger partial charge in [0.15, 0.2) is 0 Å². The molecule has 4 nitrogen and oxygen atoms in total. The van der Waals surface area contributed by atoms with Crippen LogP contribution in [0.15, 0.2) is 22.7 Å². The van der Waals surface area contributed by atoms with Crippen molar-refractivity contribution in [2.45, 2.75) is 0 Å². The van der Waals surface area contributed by atoms with Gasteiger partial charge in [-0.25, -0.2) is 4.79 Å². The van der Waals surface area contributed by atoms with Crippen LogP contribution in [0.1, 0.15) is 10.4 Å². The second-order valence-corrected chi connectivity index (χ2v) is 5.11. The molecule has 0 radical (unpaired) electrons. The van der Waals surface area contributed by atoms with Crippen molar-refractivity contribution in [1.29, 1.82) is 0 Å². The highest BCUT2D eigenvalue weighted by Crippen LogP contribution is 2.24. The van der Waals surface area contributed by atoms with Crippen molar-refractivity contribution in [2.75, 3.05) is 39.1 Å². The molecule has 0 aromatic heterocycles. The van der Waals surface area contributed by atoms with Crippen LogP contribution >= 0.6 is 15.9 Å². The van der Waals surface area contributed by atoms with E-state index in [4.69, 9.17) is 5.11 Å². The van der Waals surface area contributed by atoms with Gasteiger partial charge in [-0.05, 0) is 32.3 Å². The largest absolute Gasteiger partial charge is 0.478 e. The van der Waals surface area contributed by atoms with E-state index in [1.54, 1.807) is 12.1 Å². The summed E-state index contributed by atoms with van der Waals surface area (Å²) in [6.07, 6.45) is 0. The van der Waals surface area contributed by atoms with Gasteiger partial charge in [0.05, 0.1) is 11.3 Å². The highest BCUT2D eigenvalue weighted by Gasteiger charge is 2.13. The van der Waals surface area contributed by atoms with E-state index >= 15 is 0 Å². The van der Waals surface area contributed by atoms with E-state index in [1.165, 1.54) is 0 Å². The lowest BCUT2D eigenvalue weighted by Gasteiger charge is -2.23. The van der Waals surface area contributed by atoms with Crippen LogP contribution in [0, 0.1) is 0 Å². The Bertz CT molecular complexity index is 407. The molecule has 17 heavy (non-hydrogen) atoms. The number of rotatable bonds is 5. The lowest BCUT2D eigenvalue weighted by Crippen LogP contribution is -2.29. The summed E-state index contributed by atoms with van der Waals surface area (Å²) in [6, 6.07) is 5.19. The molecule has 0 fully saturated rings. The summed E-state index contributed by atoms with van der Waals surface area (Å²) in [4.78, 5) is 15.1. The van der Waals surface area contributed by atoms with E-state index in [1.807, 2.05) is 32.1 Å². The van der Waals surface area contributed by atoms with Gasteiger partial charge in [-0.1, -0.05) is 15.9 Å². The van der Waals surface area contributed by atoms with Crippen molar-refractivity contribution < 1.29 is 9.90 Å². The van der Waals surface area contributed by atoms with Crippen molar-refractivity contribution in [3.63, 3.8) is 0 Å². The molecule has 0 saturated carbocycles. The van der Waals surface area contributed by atoms with Gasteiger partial charge in [-0.2, -0.15) is 0 Å². The van der Waals surface area contributed by atoms with Crippen LogP contribution in [-0.2, 0) is 0 Å². The van der Waals surface area contributed by atoms with E-state index in [0.29, 0.717) is 5.56 Å². The number of carboxylic acids is 1. The molecule has 0 spiro atoms. The highest BCUT2D eigenvalue weighted by molar-refractivity contribution is 9.10. The summed E-state index contributed by atoms with van der Waals surface area (Å²) in [7, 11) is 5.89. The van der Waals surface area contributed by atoms with Crippen molar-refractivity contribution in [1.82, 2.24) is 4.90 Å². The van der Waals surface area contributed by atoms with Crippen molar-refractivity contribution in [3.8, 4) is 0 Å². The molecule has 1 aromatic carbocycles. The first-order valence-corrected chi connectivity index (χ1v) is 6.10. The van der Waals surface area contributed by atoms with Crippen LogP contribution < -0.4 is 4.90 Å². The molecule has 0 aliphatic rings. The SMILES string of the molecule is CN(C)CCN(C)c1cc(Br)ccc1C(=O)O. The Morgan fingerprint density at radius 2 is 1.94 bits per heavy atom. The van der Waals surface area contributed by atoms with Crippen LogP contribution in [0.25, 0.3) is 0 Å². The first-order chi connectivity index (χ1) is 7.91. The minimum Gasteiger partial charge on any atom is -0.478 e. The molecule has 1 rings (SSSR count). The van der Waals surface area contributed by atoms with Gasteiger partial charge in [-0.15, -0.1) is 0 Å². The van der Waals surface area contributed by atoms with E-state index < -0.39 is 5.97 Å². The molecular weight excluding hydrogens is 284 g/mol. The average molecular weight is 301 g/mol. The van der Waals surface area contributed by atoms with Crippen LogP contribution in [0.5, 0.6) is 0 Å². The zero-order valence-electron chi connectivity index (χ0n) is 10.3. The summed E-state index contributed by atoms with van der Waals surface area (Å²) in [5, 5.41) is 9.13. The molecule has 1 N–H and O–H groups in total. The molecule has 94 valence electrons. The molecule has 0 atom stereocenters. The molecule has 1 aromatic rings. The first-order valence-electron chi connectivity index (χ1n) is 5.30. The second kappa shape index (κ2) is 6.02. The number of benzene rings is 1. The third kappa shape index (κ3) is 4.02. The van der Waals surface area contributed by atoms with Crippen LogP contribution in [0.3, 0.4) is 0 Å². The van der Waals surface area contributed by atoms with E-state index in [0.717, 1.165) is 23.2 Å². The van der Waals surface area contributed by atoms with Crippen LogP contribution in [0.2, 0.25) is 0 Å². The maximum Gasteiger partial charge on any atom is 0.337 e. The number of hydrogen-bond donors (Lipinski definition) is 1. The van der Waals surface area contributed by atoms with E-state index in [-0.39, 0.29) is 0 Å². The lowest BCUT2D eigenvalue weighted by molar-refractivity contribution is 0.0697. The Labute approximate surface area is 110 Å². The van der Waals surface area contributed by atoms with Crippen molar-refractivity contribution in [3.05, 3.63) is 28.2 Å². The van der Waals surface area contributed by atoms with Gasteiger partial charge < -0.3 is 14.9 Å². The summed E-state index contributed by atoms with van der Waals surface area (Å²) in [5.74, 6) is -0.899. The summed E-state index contributed by atoms with van der Waals surface area (Å²) >= 11 is 3.36. The number of hydrogen-bond acceptors (Lipinski definition) is 3. The summed E-state index contributed by atoms with van der Waals surface area (Å²) in [6.45, 7) is 1.66. The first kappa shape index (κ1) is 14.0. The number of nitrogens with zero attached hydrogens (tertiary/aromatic N) is 2. The normalized spacial score (nSPS) is 10.6. The third-order valence-corrected chi connectivity index (χ3v) is 2.98. The second-order valence-electron chi connectivity index (χ2n) is 4.19. The van der Waals surface area contributed by atoms with Crippen LogP contribution in [0.4, 0.5) is 5.69 Å². The molecule has 0 amide bonds. The number of likely N-dealkylation sites (N-methyl/N-ethyl adjacent to an activating group) is 2. The predicted molar refractivity (Wildman–Crippen MR) is 72.9 cm³/mol. The standard InChI is InChI=1S/C12H17BrN2O2/c1-14(2)6-7-15(3)11-8-9(13)4-5-10(11)12(16)17/h4-5,8H,6-7H2,1-3H3,(H,16,17). The quantitative estimate of drug-likeness (QED) is 0.905. The predicted octanol–water partition coefficient (Wildman–Crippen LogP) is 2.15. The maximum atomic E-state index is 11.1. The van der Waals surface area contributed by atoms with Gasteiger partial charge in [0.25, 0.3) is 0 Å². The summed E-state index contributed by atoms with van der Waals surface area (Å²) in [5.41, 5.74) is 1.06. The van der Waals surface area contributed by atoms with E-state index in [2.05, 4.69) is 20.8 Å². The zero-order valence-corrected chi connectivity index (χ0v) is 11.9. The molecule has 0 aliphatic carbocycles. The van der Waals surface area contributed by atoms with Gasteiger partial charge >= 0.3 is 5.97 Å². The Hall–Kier alpha value is -1.07. The number of carbonyl (C=O) groups is 1. The van der Waals surface area contributed by atoms with Crippen LogP contribution in [-0.4, -0.2) is 50.2 Å². The fourth-order valence-electron chi connectivity index (χ4n) is 1.47. The molecule has 0 unspecified atom stereocenters. The minimum atomic E-state index is -0.899. The summed E-state index contributed by atoms with van der Waals surface area (Å²) < 4.78 is 0.884. The number of aromatic carboxylic acids is 1. The molecular formula is C12H17BrN2O2. The molecule has 5 heteroatoms. The number of carboxylic acid groups (broad SMARTS) is 1. The van der Waals surface area contributed by atoms with Crippen molar-refractivity contribution >= 4 is 27.6 Å². The van der Waals surface area contributed by atoms with Gasteiger partial charge in [0.2, 0.25) is 0 Å². The number of halogens is 1. The Balaban J connectivity index is 2.94. The molecule has 0 aliphatic heterocycles. The van der Waals surface area contributed by atoms with Gasteiger partial charge in [-0.3, -0.25) is 0 Å². The molecule has 0 bridgehead atoms. The fourth-order valence-corrected chi connectivity index (χ4v) is 1.82. The zero-order chi connectivity index (χ0) is 13.0. The fraction of sp³-hybridized carbons (Fsp3) is 0.417.